The van der Waals surface area contributed by atoms with Gasteiger partial charge < -0.3 is 10.6 Å². The first-order valence-corrected chi connectivity index (χ1v) is 5.75. The Morgan fingerprint density at radius 1 is 1.31 bits per heavy atom. The largest absolute Gasteiger partial charge is 0.359 e. The average Bonchev–Trinajstić information content (AvgIpc) is 2.36. The SMILES string of the molecule is CC[C@@H](CNC(=NC)NC)c1ccccc1. The highest BCUT2D eigenvalue weighted by Gasteiger charge is 2.08. The minimum atomic E-state index is 0.534. The van der Waals surface area contributed by atoms with Gasteiger partial charge in [-0.2, -0.15) is 0 Å². The summed E-state index contributed by atoms with van der Waals surface area (Å²) in [5.41, 5.74) is 1.38. The van der Waals surface area contributed by atoms with E-state index in [0.717, 1.165) is 18.9 Å². The van der Waals surface area contributed by atoms with Crippen LogP contribution in [0.15, 0.2) is 35.3 Å². The fraction of sp³-hybridized carbons (Fsp3) is 0.462. The van der Waals surface area contributed by atoms with Crippen LogP contribution in [0.3, 0.4) is 0 Å². The maximum Gasteiger partial charge on any atom is 0.190 e. The average molecular weight is 219 g/mol. The van der Waals surface area contributed by atoms with E-state index in [1.807, 2.05) is 7.05 Å². The summed E-state index contributed by atoms with van der Waals surface area (Å²) in [6.07, 6.45) is 1.12. The minimum Gasteiger partial charge on any atom is -0.359 e. The first-order chi connectivity index (χ1) is 7.81. The van der Waals surface area contributed by atoms with Gasteiger partial charge in [0.2, 0.25) is 0 Å². The van der Waals surface area contributed by atoms with Crippen molar-refractivity contribution in [3.63, 3.8) is 0 Å². The van der Waals surface area contributed by atoms with Crippen LogP contribution in [0.5, 0.6) is 0 Å². The van der Waals surface area contributed by atoms with E-state index in [4.69, 9.17) is 0 Å². The predicted octanol–water partition coefficient (Wildman–Crippen LogP) is 1.97. The van der Waals surface area contributed by atoms with Crippen molar-refractivity contribution < 1.29 is 0 Å². The molecule has 1 aromatic rings. The number of nitrogens with zero attached hydrogens (tertiary/aromatic N) is 1. The Bertz CT molecular complexity index is 319. The number of hydrogen-bond donors (Lipinski definition) is 2. The number of guanidine groups is 1. The Kier molecular flexibility index (Phi) is 5.40. The summed E-state index contributed by atoms with van der Waals surface area (Å²) in [7, 11) is 3.65. The predicted molar refractivity (Wildman–Crippen MR) is 69.9 cm³/mol. The maximum absolute atomic E-state index is 4.10. The van der Waals surface area contributed by atoms with Gasteiger partial charge in [-0.3, -0.25) is 4.99 Å². The van der Waals surface area contributed by atoms with Crippen LogP contribution in [0.4, 0.5) is 0 Å². The van der Waals surface area contributed by atoms with E-state index in [1.54, 1.807) is 7.05 Å². The number of rotatable bonds is 4. The molecule has 1 aromatic carbocycles. The molecule has 0 saturated heterocycles. The first kappa shape index (κ1) is 12.6. The van der Waals surface area contributed by atoms with Gasteiger partial charge in [0.15, 0.2) is 5.96 Å². The number of hydrogen-bond acceptors (Lipinski definition) is 1. The standard InChI is InChI=1S/C13H21N3/c1-4-11(10-16-13(14-2)15-3)12-8-6-5-7-9-12/h5-9,11H,4,10H2,1-3H3,(H2,14,15,16)/t11-/m0/s1. The van der Waals surface area contributed by atoms with Gasteiger partial charge in [-0.25, -0.2) is 0 Å². The number of nitrogens with one attached hydrogen (secondary N) is 2. The molecule has 3 heteroatoms. The maximum atomic E-state index is 4.10. The molecule has 16 heavy (non-hydrogen) atoms. The molecule has 0 aliphatic heterocycles. The summed E-state index contributed by atoms with van der Waals surface area (Å²) in [6.45, 7) is 3.12. The molecule has 0 bridgehead atoms. The fourth-order valence-electron chi connectivity index (χ4n) is 1.72. The summed E-state index contributed by atoms with van der Waals surface area (Å²) in [5, 5.41) is 6.33. The summed E-state index contributed by atoms with van der Waals surface area (Å²) < 4.78 is 0. The van der Waals surface area contributed by atoms with Crippen LogP contribution < -0.4 is 10.6 Å². The van der Waals surface area contributed by atoms with Crippen molar-refractivity contribution in [1.29, 1.82) is 0 Å². The van der Waals surface area contributed by atoms with E-state index in [-0.39, 0.29) is 0 Å². The van der Waals surface area contributed by atoms with Gasteiger partial charge in [-0.1, -0.05) is 37.3 Å². The van der Waals surface area contributed by atoms with Gasteiger partial charge in [0.25, 0.3) is 0 Å². The Morgan fingerprint density at radius 3 is 2.50 bits per heavy atom. The molecule has 1 rings (SSSR count). The van der Waals surface area contributed by atoms with Crippen LogP contribution in [-0.2, 0) is 0 Å². The molecule has 0 spiro atoms. The van der Waals surface area contributed by atoms with Crippen molar-refractivity contribution in [3.8, 4) is 0 Å². The summed E-state index contributed by atoms with van der Waals surface area (Å²) >= 11 is 0. The fourth-order valence-corrected chi connectivity index (χ4v) is 1.72. The Morgan fingerprint density at radius 2 is 2.00 bits per heavy atom. The van der Waals surface area contributed by atoms with Crippen LogP contribution in [0.1, 0.15) is 24.8 Å². The molecule has 3 nitrogen and oxygen atoms in total. The van der Waals surface area contributed by atoms with Crippen molar-refractivity contribution in [2.75, 3.05) is 20.6 Å². The van der Waals surface area contributed by atoms with Gasteiger partial charge in [0.05, 0.1) is 0 Å². The normalized spacial score (nSPS) is 13.3. The third-order valence-corrected chi connectivity index (χ3v) is 2.74. The highest BCUT2D eigenvalue weighted by molar-refractivity contribution is 5.79. The minimum absolute atomic E-state index is 0.534. The number of aliphatic imine (C=N–C) groups is 1. The molecule has 88 valence electrons. The second kappa shape index (κ2) is 6.88. The van der Waals surface area contributed by atoms with Gasteiger partial charge in [-0.05, 0) is 12.0 Å². The van der Waals surface area contributed by atoms with Gasteiger partial charge in [-0.15, -0.1) is 0 Å². The second-order valence-electron chi connectivity index (χ2n) is 3.72. The van der Waals surface area contributed by atoms with Crippen molar-refractivity contribution >= 4 is 5.96 Å². The molecular weight excluding hydrogens is 198 g/mol. The van der Waals surface area contributed by atoms with E-state index >= 15 is 0 Å². The zero-order valence-electron chi connectivity index (χ0n) is 10.3. The lowest BCUT2D eigenvalue weighted by atomic mass is 9.97. The van der Waals surface area contributed by atoms with E-state index in [1.165, 1.54) is 5.56 Å². The topological polar surface area (TPSA) is 36.4 Å². The highest BCUT2D eigenvalue weighted by atomic mass is 15.1. The van der Waals surface area contributed by atoms with Crippen molar-refractivity contribution in [2.45, 2.75) is 19.3 Å². The molecule has 0 unspecified atom stereocenters. The molecule has 0 heterocycles. The van der Waals surface area contributed by atoms with Gasteiger partial charge in [0, 0.05) is 26.6 Å². The zero-order chi connectivity index (χ0) is 11.8. The Hall–Kier alpha value is -1.51. The molecule has 0 saturated carbocycles. The third kappa shape index (κ3) is 3.57. The Labute approximate surface area is 98.0 Å². The summed E-state index contributed by atoms with van der Waals surface area (Å²) in [5.74, 6) is 1.38. The second-order valence-corrected chi connectivity index (χ2v) is 3.72. The quantitative estimate of drug-likeness (QED) is 0.600. The molecule has 0 aromatic heterocycles. The molecule has 0 amide bonds. The molecule has 0 aliphatic carbocycles. The monoisotopic (exact) mass is 219 g/mol. The molecule has 2 N–H and O–H groups in total. The van der Waals surface area contributed by atoms with E-state index in [0.29, 0.717) is 5.92 Å². The van der Waals surface area contributed by atoms with Crippen LogP contribution >= 0.6 is 0 Å². The van der Waals surface area contributed by atoms with E-state index in [9.17, 15) is 0 Å². The lowest BCUT2D eigenvalue weighted by molar-refractivity contribution is 0.633. The van der Waals surface area contributed by atoms with Gasteiger partial charge in [0.1, 0.15) is 0 Å². The lowest BCUT2D eigenvalue weighted by Crippen LogP contribution is -2.37. The smallest absolute Gasteiger partial charge is 0.190 e. The molecule has 1 atom stereocenters. The lowest BCUT2D eigenvalue weighted by Gasteiger charge is -2.17. The third-order valence-electron chi connectivity index (χ3n) is 2.74. The van der Waals surface area contributed by atoms with E-state index in [2.05, 4.69) is 52.9 Å². The van der Waals surface area contributed by atoms with Crippen LogP contribution in [0.25, 0.3) is 0 Å². The van der Waals surface area contributed by atoms with E-state index < -0.39 is 0 Å². The zero-order valence-corrected chi connectivity index (χ0v) is 10.3. The Balaban J connectivity index is 2.57. The molecule has 0 aliphatic rings. The first-order valence-electron chi connectivity index (χ1n) is 5.75. The molecule has 0 radical (unpaired) electrons. The van der Waals surface area contributed by atoms with Gasteiger partial charge >= 0.3 is 0 Å². The molecule has 0 fully saturated rings. The van der Waals surface area contributed by atoms with Crippen LogP contribution in [-0.4, -0.2) is 26.6 Å². The number of benzene rings is 1. The summed E-state index contributed by atoms with van der Waals surface area (Å²) in [4.78, 5) is 4.10. The molecular formula is C13H21N3. The summed E-state index contributed by atoms with van der Waals surface area (Å²) in [6, 6.07) is 10.6. The van der Waals surface area contributed by atoms with Crippen LogP contribution in [0, 0.1) is 0 Å². The van der Waals surface area contributed by atoms with Crippen LogP contribution in [0.2, 0.25) is 0 Å². The van der Waals surface area contributed by atoms with Crippen molar-refractivity contribution in [3.05, 3.63) is 35.9 Å². The van der Waals surface area contributed by atoms with Crippen molar-refractivity contribution in [2.24, 2.45) is 4.99 Å². The highest BCUT2D eigenvalue weighted by Crippen LogP contribution is 2.17. The van der Waals surface area contributed by atoms with Crippen molar-refractivity contribution in [1.82, 2.24) is 10.6 Å².